The van der Waals surface area contributed by atoms with Crippen molar-refractivity contribution in [3.8, 4) is 0 Å². The average Bonchev–Trinajstić information content (AvgIpc) is 2.78. The van der Waals surface area contributed by atoms with Gasteiger partial charge in [0.1, 0.15) is 0 Å². The lowest BCUT2D eigenvalue weighted by atomic mass is 10.1. The van der Waals surface area contributed by atoms with Crippen molar-refractivity contribution in [3.63, 3.8) is 0 Å². The fourth-order valence-corrected chi connectivity index (χ4v) is 3.46. The van der Waals surface area contributed by atoms with Gasteiger partial charge in [-0.2, -0.15) is 0 Å². The predicted molar refractivity (Wildman–Crippen MR) is 122 cm³/mol. The quantitative estimate of drug-likeness (QED) is 0.531. The molecular weight excluding hydrogens is 360 g/mol. The Hall–Kier alpha value is -2.53. The summed E-state index contributed by atoms with van der Waals surface area (Å²) in [5.41, 5.74) is 3.86. The third kappa shape index (κ3) is 7.09. The molecule has 2 aromatic rings. The summed E-state index contributed by atoms with van der Waals surface area (Å²) in [5, 5.41) is 6.90. The first-order valence-electron chi connectivity index (χ1n) is 10.7. The van der Waals surface area contributed by atoms with Crippen molar-refractivity contribution < 1.29 is 4.74 Å². The normalized spacial score (nSPS) is 15.8. The fourth-order valence-electron chi connectivity index (χ4n) is 3.46. The molecule has 2 N–H and O–H groups in total. The number of rotatable bonds is 8. The first kappa shape index (κ1) is 21.2. The molecule has 1 heterocycles. The van der Waals surface area contributed by atoms with Crippen LogP contribution >= 0.6 is 0 Å². The van der Waals surface area contributed by atoms with Crippen molar-refractivity contribution in [2.45, 2.75) is 39.3 Å². The third-order valence-corrected chi connectivity index (χ3v) is 5.17. The zero-order valence-electron chi connectivity index (χ0n) is 17.7. The van der Waals surface area contributed by atoms with E-state index < -0.39 is 0 Å². The molecule has 0 amide bonds. The van der Waals surface area contributed by atoms with Gasteiger partial charge >= 0.3 is 0 Å². The second kappa shape index (κ2) is 11.5. The second-order valence-electron chi connectivity index (χ2n) is 7.53. The maximum Gasteiger partial charge on any atom is 0.191 e. The Bertz CT molecular complexity index is 739. The maximum atomic E-state index is 5.43. The van der Waals surface area contributed by atoms with Crippen LogP contribution in [-0.4, -0.2) is 44.8 Å². The summed E-state index contributed by atoms with van der Waals surface area (Å²) in [5.74, 6) is 0.880. The molecule has 0 aliphatic carbocycles. The van der Waals surface area contributed by atoms with Gasteiger partial charge in [0.05, 0.1) is 19.8 Å². The molecule has 3 rings (SSSR count). The molecule has 1 aliphatic heterocycles. The van der Waals surface area contributed by atoms with E-state index in [4.69, 9.17) is 9.73 Å². The van der Waals surface area contributed by atoms with Crippen LogP contribution in [0.15, 0.2) is 59.6 Å². The van der Waals surface area contributed by atoms with E-state index in [1.165, 1.54) is 16.8 Å². The van der Waals surface area contributed by atoms with Crippen molar-refractivity contribution in [2.75, 3.05) is 37.7 Å². The minimum Gasteiger partial charge on any atom is -0.378 e. The second-order valence-corrected chi connectivity index (χ2v) is 7.53. The van der Waals surface area contributed by atoms with Crippen LogP contribution in [0.5, 0.6) is 0 Å². The molecule has 0 bridgehead atoms. The summed E-state index contributed by atoms with van der Waals surface area (Å²) in [6.45, 7) is 9.39. The number of guanidine groups is 1. The van der Waals surface area contributed by atoms with Crippen LogP contribution in [0, 0.1) is 0 Å². The summed E-state index contributed by atoms with van der Waals surface area (Å²) in [6, 6.07) is 19.7. The average molecular weight is 395 g/mol. The highest BCUT2D eigenvalue weighted by atomic mass is 16.5. The summed E-state index contributed by atoms with van der Waals surface area (Å²) in [4.78, 5) is 7.15. The van der Waals surface area contributed by atoms with E-state index in [-0.39, 0.29) is 0 Å². The molecule has 29 heavy (non-hydrogen) atoms. The minimum atomic E-state index is 0.358. The number of hydrogen-bond donors (Lipinski definition) is 2. The monoisotopic (exact) mass is 394 g/mol. The zero-order valence-corrected chi connectivity index (χ0v) is 17.7. The first-order chi connectivity index (χ1) is 14.2. The smallest absolute Gasteiger partial charge is 0.191 e. The zero-order chi connectivity index (χ0) is 20.3. The highest BCUT2D eigenvalue weighted by Gasteiger charge is 2.11. The molecule has 1 atom stereocenters. The van der Waals surface area contributed by atoms with Crippen molar-refractivity contribution in [1.82, 2.24) is 10.6 Å². The Kier molecular flexibility index (Phi) is 8.38. The van der Waals surface area contributed by atoms with Crippen molar-refractivity contribution >= 4 is 11.6 Å². The number of morpholine rings is 1. The van der Waals surface area contributed by atoms with E-state index in [0.717, 1.165) is 51.6 Å². The molecule has 5 nitrogen and oxygen atoms in total. The SMILES string of the molecule is CCNC(=NCc1ccc(N2CCOCC2)cc1)NC(C)CCc1ccccc1. The Morgan fingerprint density at radius 3 is 2.45 bits per heavy atom. The summed E-state index contributed by atoms with van der Waals surface area (Å²) in [7, 11) is 0. The van der Waals surface area contributed by atoms with Gasteiger partial charge in [0.25, 0.3) is 0 Å². The van der Waals surface area contributed by atoms with Crippen LogP contribution in [0.4, 0.5) is 5.69 Å². The Morgan fingerprint density at radius 1 is 1.03 bits per heavy atom. The van der Waals surface area contributed by atoms with Crippen LogP contribution in [-0.2, 0) is 17.7 Å². The molecule has 2 aromatic carbocycles. The lowest BCUT2D eigenvalue weighted by Crippen LogP contribution is -2.42. The van der Waals surface area contributed by atoms with Crippen molar-refractivity contribution in [3.05, 3.63) is 65.7 Å². The highest BCUT2D eigenvalue weighted by Crippen LogP contribution is 2.17. The lowest BCUT2D eigenvalue weighted by molar-refractivity contribution is 0.122. The molecular formula is C24H34N4O. The molecule has 0 saturated carbocycles. The molecule has 156 valence electrons. The van der Waals surface area contributed by atoms with Gasteiger partial charge < -0.3 is 20.3 Å². The number of anilines is 1. The van der Waals surface area contributed by atoms with E-state index in [0.29, 0.717) is 12.6 Å². The van der Waals surface area contributed by atoms with Gasteiger partial charge in [0.2, 0.25) is 0 Å². The van der Waals surface area contributed by atoms with E-state index in [2.05, 4.69) is 84.0 Å². The maximum absolute atomic E-state index is 5.43. The first-order valence-corrected chi connectivity index (χ1v) is 10.7. The number of ether oxygens (including phenoxy) is 1. The Morgan fingerprint density at radius 2 is 1.76 bits per heavy atom. The van der Waals surface area contributed by atoms with Crippen LogP contribution in [0.3, 0.4) is 0 Å². The lowest BCUT2D eigenvalue weighted by Gasteiger charge is -2.28. The number of hydrogen-bond acceptors (Lipinski definition) is 3. The molecule has 0 radical (unpaired) electrons. The summed E-state index contributed by atoms with van der Waals surface area (Å²) in [6.07, 6.45) is 2.14. The number of nitrogens with one attached hydrogen (secondary N) is 2. The van der Waals surface area contributed by atoms with Gasteiger partial charge in [0.15, 0.2) is 5.96 Å². The summed E-state index contributed by atoms with van der Waals surface area (Å²) >= 11 is 0. The van der Waals surface area contributed by atoms with Crippen LogP contribution in [0.25, 0.3) is 0 Å². The summed E-state index contributed by atoms with van der Waals surface area (Å²) < 4.78 is 5.43. The molecule has 1 unspecified atom stereocenters. The topological polar surface area (TPSA) is 48.9 Å². The van der Waals surface area contributed by atoms with E-state index in [1.54, 1.807) is 0 Å². The van der Waals surface area contributed by atoms with Crippen LogP contribution in [0.1, 0.15) is 31.4 Å². The van der Waals surface area contributed by atoms with Crippen LogP contribution < -0.4 is 15.5 Å². The van der Waals surface area contributed by atoms with E-state index in [9.17, 15) is 0 Å². The Labute approximate surface area is 175 Å². The minimum absolute atomic E-state index is 0.358. The van der Waals surface area contributed by atoms with E-state index in [1.807, 2.05) is 0 Å². The highest BCUT2D eigenvalue weighted by molar-refractivity contribution is 5.80. The van der Waals surface area contributed by atoms with Gasteiger partial charge in [-0.25, -0.2) is 4.99 Å². The molecule has 1 fully saturated rings. The van der Waals surface area contributed by atoms with Gasteiger partial charge in [-0.05, 0) is 49.9 Å². The molecule has 5 heteroatoms. The number of aryl methyl sites for hydroxylation is 1. The third-order valence-electron chi connectivity index (χ3n) is 5.17. The molecule has 1 saturated heterocycles. The van der Waals surface area contributed by atoms with Crippen molar-refractivity contribution in [1.29, 1.82) is 0 Å². The van der Waals surface area contributed by atoms with Gasteiger partial charge in [-0.3, -0.25) is 0 Å². The molecule has 1 aliphatic rings. The van der Waals surface area contributed by atoms with E-state index >= 15 is 0 Å². The van der Waals surface area contributed by atoms with Crippen LogP contribution in [0.2, 0.25) is 0 Å². The predicted octanol–water partition coefficient (Wildman–Crippen LogP) is 3.60. The van der Waals surface area contributed by atoms with Gasteiger partial charge in [0, 0.05) is 31.4 Å². The van der Waals surface area contributed by atoms with Gasteiger partial charge in [-0.15, -0.1) is 0 Å². The number of aliphatic imine (C=N–C) groups is 1. The largest absolute Gasteiger partial charge is 0.378 e. The molecule has 0 spiro atoms. The number of benzene rings is 2. The molecule has 0 aromatic heterocycles. The van der Waals surface area contributed by atoms with Gasteiger partial charge in [-0.1, -0.05) is 42.5 Å². The standard InChI is InChI=1S/C24H34N4O/c1-3-25-24(27-20(2)9-10-21-7-5-4-6-8-21)26-19-22-11-13-23(14-12-22)28-15-17-29-18-16-28/h4-8,11-14,20H,3,9-10,15-19H2,1-2H3,(H2,25,26,27). The van der Waals surface area contributed by atoms with Crippen molar-refractivity contribution in [2.24, 2.45) is 4.99 Å². The Balaban J connectivity index is 1.51. The fraction of sp³-hybridized carbons (Fsp3) is 0.458. The number of nitrogens with zero attached hydrogens (tertiary/aromatic N) is 2.